The number of hydrogen-bond donors (Lipinski definition) is 1. The fraction of sp³-hybridized carbons (Fsp3) is 0.432. The SMILES string of the molecule is Cc1nc2cc3nn2c(c1[C@H](OC(C)(C)C)C(=O)O)N1CCC(C)(CC1)OCC=CC[C@H](C)Oc1cc(F)ccc1-c1cccc-3c1. The summed E-state index contributed by atoms with van der Waals surface area (Å²) < 4.78 is 35.0. The Morgan fingerprint density at radius 3 is 2.57 bits per heavy atom. The smallest absolute Gasteiger partial charge is 0.337 e. The van der Waals surface area contributed by atoms with Crippen molar-refractivity contribution in [1.82, 2.24) is 14.6 Å². The summed E-state index contributed by atoms with van der Waals surface area (Å²) >= 11 is 0. The highest BCUT2D eigenvalue weighted by Crippen LogP contribution is 2.39. The van der Waals surface area contributed by atoms with E-state index in [-0.39, 0.29) is 17.5 Å². The van der Waals surface area contributed by atoms with E-state index in [1.165, 1.54) is 12.1 Å². The van der Waals surface area contributed by atoms with E-state index in [9.17, 15) is 14.3 Å². The molecule has 1 N–H and O–H groups in total. The number of carboxylic acid groups (broad SMARTS) is 1. The van der Waals surface area contributed by atoms with Crippen LogP contribution >= 0.6 is 0 Å². The molecule has 9 nitrogen and oxygen atoms in total. The van der Waals surface area contributed by atoms with Crippen LogP contribution in [0.5, 0.6) is 5.75 Å². The van der Waals surface area contributed by atoms with Crippen LogP contribution in [0, 0.1) is 12.7 Å². The van der Waals surface area contributed by atoms with Gasteiger partial charge in [-0.15, -0.1) is 0 Å². The Hall–Kier alpha value is -4.28. The molecule has 4 aromatic rings. The number of hydrogen-bond acceptors (Lipinski definition) is 7. The molecule has 0 amide bonds. The summed E-state index contributed by atoms with van der Waals surface area (Å²) in [5.41, 5.74) is 3.70. The van der Waals surface area contributed by atoms with Crippen LogP contribution in [0.4, 0.5) is 10.2 Å². The molecule has 1 saturated heterocycles. The summed E-state index contributed by atoms with van der Waals surface area (Å²) in [7, 11) is 0. The number of anilines is 1. The molecule has 0 unspecified atom stereocenters. The molecule has 47 heavy (non-hydrogen) atoms. The molecule has 2 atom stereocenters. The lowest BCUT2D eigenvalue weighted by atomic mass is 9.92. The van der Waals surface area contributed by atoms with Gasteiger partial charge in [0.25, 0.3) is 0 Å². The van der Waals surface area contributed by atoms with Crippen molar-refractivity contribution in [3.8, 4) is 28.1 Å². The van der Waals surface area contributed by atoms with Crippen LogP contribution in [-0.2, 0) is 14.3 Å². The molecule has 0 aliphatic carbocycles. The van der Waals surface area contributed by atoms with E-state index in [1.54, 1.807) is 10.6 Å². The topological polar surface area (TPSA) is 98.4 Å². The Morgan fingerprint density at radius 1 is 1.11 bits per heavy atom. The second-order valence-electron chi connectivity index (χ2n) is 13.8. The molecular weight excluding hydrogens is 599 g/mol. The van der Waals surface area contributed by atoms with E-state index < -0.39 is 17.7 Å². The van der Waals surface area contributed by atoms with Crippen LogP contribution in [0.15, 0.2) is 60.7 Å². The fourth-order valence-corrected chi connectivity index (χ4v) is 6.34. The van der Waals surface area contributed by atoms with Crippen molar-refractivity contribution in [1.29, 1.82) is 0 Å². The van der Waals surface area contributed by atoms with Crippen LogP contribution in [0.25, 0.3) is 28.0 Å². The van der Waals surface area contributed by atoms with Gasteiger partial charge in [-0.2, -0.15) is 9.61 Å². The van der Waals surface area contributed by atoms with Gasteiger partial charge in [-0.05, 0) is 78.1 Å². The zero-order valence-corrected chi connectivity index (χ0v) is 27.9. The van der Waals surface area contributed by atoms with Crippen LogP contribution in [0.3, 0.4) is 0 Å². The van der Waals surface area contributed by atoms with E-state index in [0.29, 0.717) is 60.3 Å². The van der Waals surface area contributed by atoms with Gasteiger partial charge in [-0.3, -0.25) is 0 Å². The number of carbonyl (C=O) groups is 1. The average molecular weight is 643 g/mol. The van der Waals surface area contributed by atoms with Crippen LogP contribution in [0.2, 0.25) is 0 Å². The van der Waals surface area contributed by atoms with Crippen LogP contribution in [-0.4, -0.2) is 62.7 Å². The molecule has 7 rings (SSSR count). The molecule has 0 radical (unpaired) electrons. The van der Waals surface area contributed by atoms with Gasteiger partial charge in [0.15, 0.2) is 11.8 Å². The molecule has 10 heteroatoms. The number of rotatable bonds is 3. The quantitative estimate of drug-likeness (QED) is 0.229. The minimum Gasteiger partial charge on any atom is -0.490 e. The predicted molar refractivity (Wildman–Crippen MR) is 179 cm³/mol. The van der Waals surface area contributed by atoms with E-state index in [2.05, 4.69) is 11.8 Å². The standard InChI is InChI=1S/C37H43FN4O5/c1-23-10-7-8-19-45-37(6)15-17-41(18-16-37)34-32(33(35(43)44)47-36(3,4)5)24(2)39-31-22-29(40-42(31)34)26-12-9-11-25(20-26)28-14-13-27(38)21-30(28)46-23/h7-9,11-14,20-23,33H,10,15-19H2,1-6H3,(H,43,44)/t23-,33-/m0/s1. The Kier molecular flexibility index (Phi) is 8.84. The molecule has 248 valence electrons. The Balaban J connectivity index is 1.54. The molecule has 0 saturated carbocycles. The fourth-order valence-electron chi connectivity index (χ4n) is 6.34. The third-order valence-electron chi connectivity index (χ3n) is 8.79. The van der Waals surface area contributed by atoms with Crippen LogP contribution in [0.1, 0.15) is 71.2 Å². The number of nitrogens with zero attached hydrogens (tertiary/aromatic N) is 4. The van der Waals surface area contributed by atoms with E-state index in [0.717, 1.165) is 29.5 Å². The predicted octanol–water partition coefficient (Wildman–Crippen LogP) is 7.55. The lowest BCUT2D eigenvalue weighted by Gasteiger charge is -2.41. The van der Waals surface area contributed by atoms with E-state index >= 15 is 0 Å². The molecule has 0 spiro atoms. The monoisotopic (exact) mass is 642 g/mol. The first-order chi connectivity index (χ1) is 22.3. The van der Waals surface area contributed by atoms with Gasteiger partial charge in [-0.25, -0.2) is 14.2 Å². The minimum atomic E-state index is -1.25. The first kappa shape index (κ1) is 32.7. The number of aryl methyl sites for hydroxylation is 1. The number of fused-ring (bicyclic) bond motifs is 7. The van der Waals surface area contributed by atoms with Crippen molar-refractivity contribution < 1.29 is 28.5 Å². The molecule has 1 fully saturated rings. The van der Waals surface area contributed by atoms with Crippen LogP contribution < -0.4 is 9.64 Å². The maximum atomic E-state index is 14.4. The van der Waals surface area contributed by atoms with Crippen molar-refractivity contribution in [3.63, 3.8) is 0 Å². The first-order valence-corrected chi connectivity index (χ1v) is 16.2. The van der Waals surface area contributed by atoms with Crippen molar-refractivity contribution in [3.05, 3.63) is 77.8 Å². The minimum absolute atomic E-state index is 0.184. The highest BCUT2D eigenvalue weighted by Gasteiger charge is 2.37. The molecular formula is C37H43FN4O5. The highest BCUT2D eigenvalue weighted by atomic mass is 19.1. The summed E-state index contributed by atoms with van der Waals surface area (Å²) in [4.78, 5) is 19.8. The van der Waals surface area contributed by atoms with Gasteiger partial charge in [0.1, 0.15) is 17.4 Å². The molecule has 6 bridgehead atoms. The Labute approximate surface area is 275 Å². The third-order valence-corrected chi connectivity index (χ3v) is 8.79. The number of piperidine rings is 1. The molecule has 3 aliphatic rings. The number of aliphatic carboxylic acids is 1. The van der Waals surface area contributed by atoms with Gasteiger partial charge >= 0.3 is 5.97 Å². The van der Waals surface area contributed by atoms with E-state index in [4.69, 9.17) is 24.3 Å². The zero-order chi connectivity index (χ0) is 33.5. The largest absolute Gasteiger partial charge is 0.490 e. The number of aromatic nitrogens is 3. The summed E-state index contributed by atoms with van der Waals surface area (Å²) in [6, 6.07) is 14.4. The van der Waals surface area contributed by atoms with Gasteiger partial charge in [-0.1, -0.05) is 30.4 Å². The molecule has 3 aliphatic heterocycles. The van der Waals surface area contributed by atoms with Gasteiger partial charge in [0, 0.05) is 48.5 Å². The number of halogens is 1. The number of benzene rings is 2. The molecule has 2 aromatic heterocycles. The molecule has 2 aromatic carbocycles. The van der Waals surface area contributed by atoms with Crippen molar-refractivity contribution in [2.24, 2.45) is 0 Å². The summed E-state index contributed by atoms with van der Waals surface area (Å²) in [6.45, 7) is 13.2. The van der Waals surface area contributed by atoms with E-state index in [1.807, 2.05) is 77.1 Å². The van der Waals surface area contributed by atoms with Gasteiger partial charge in [0.05, 0.1) is 35.2 Å². The van der Waals surface area contributed by atoms with Gasteiger partial charge in [0.2, 0.25) is 0 Å². The normalized spacial score (nSPS) is 21.0. The second-order valence-corrected chi connectivity index (χ2v) is 13.8. The van der Waals surface area contributed by atoms with Crippen molar-refractivity contribution >= 4 is 17.4 Å². The maximum Gasteiger partial charge on any atom is 0.337 e. The Bertz CT molecular complexity index is 1820. The number of ether oxygens (including phenoxy) is 3. The lowest BCUT2D eigenvalue weighted by molar-refractivity contribution is -0.160. The Morgan fingerprint density at radius 2 is 1.85 bits per heavy atom. The highest BCUT2D eigenvalue weighted by molar-refractivity contribution is 5.80. The number of carboxylic acids is 1. The average Bonchev–Trinajstić information content (AvgIpc) is 3.43. The van der Waals surface area contributed by atoms with Gasteiger partial charge < -0.3 is 24.2 Å². The summed E-state index contributed by atoms with van der Waals surface area (Å²) in [5.74, 6) is -0.338. The third kappa shape index (κ3) is 7.04. The zero-order valence-electron chi connectivity index (χ0n) is 27.9. The second kappa shape index (κ2) is 12.7. The lowest BCUT2D eigenvalue weighted by Crippen LogP contribution is -2.45. The van der Waals surface area contributed by atoms with Crippen molar-refractivity contribution in [2.45, 2.75) is 84.2 Å². The summed E-state index contributed by atoms with van der Waals surface area (Å²) in [5, 5.41) is 15.5. The maximum absolute atomic E-state index is 14.4. The van der Waals surface area contributed by atoms with Crippen molar-refractivity contribution in [2.75, 3.05) is 24.6 Å². The summed E-state index contributed by atoms with van der Waals surface area (Å²) in [6.07, 6.45) is 4.72. The molecule has 5 heterocycles. The first-order valence-electron chi connectivity index (χ1n) is 16.2.